The predicted octanol–water partition coefficient (Wildman–Crippen LogP) is 5.51. The molecule has 0 unspecified atom stereocenters. The van der Waals surface area contributed by atoms with Gasteiger partial charge >= 0.3 is 0 Å². The van der Waals surface area contributed by atoms with Crippen molar-refractivity contribution in [2.45, 2.75) is 19.3 Å². The molecular weight excluding hydrogens is 394 g/mol. The highest BCUT2D eigenvalue weighted by Gasteiger charge is 2.09. The third kappa shape index (κ3) is 5.10. The zero-order valence-corrected chi connectivity index (χ0v) is 17.1. The molecule has 0 fully saturated rings. The molecule has 30 heavy (non-hydrogen) atoms. The van der Waals surface area contributed by atoms with E-state index in [1.165, 1.54) is 4.88 Å². The second-order valence-corrected chi connectivity index (χ2v) is 7.96. The fourth-order valence-electron chi connectivity index (χ4n) is 3.18. The van der Waals surface area contributed by atoms with E-state index < -0.39 is 0 Å². The maximum atomic E-state index is 12.6. The number of rotatable bonds is 7. The van der Waals surface area contributed by atoms with Crippen molar-refractivity contribution in [3.8, 4) is 0 Å². The molecule has 0 aliphatic heterocycles. The monoisotopic (exact) mass is 415 g/mol. The average Bonchev–Trinajstić information content (AvgIpc) is 3.27. The number of pyridine rings is 1. The number of nitrogens with one attached hydrogen (secondary N) is 2. The fraction of sp³-hybridized carbons (Fsp3) is 0.125. The number of nitrogens with zero attached hydrogens (tertiary/aromatic N) is 1. The van der Waals surface area contributed by atoms with Gasteiger partial charge in [0, 0.05) is 27.9 Å². The van der Waals surface area contributed by atoms with Gasteiger partial charge in [-0.25, -0.2) is 0 Å². The molecule has 0 saturated carbocycles. The lowest BCUT2D eigenvalue weighted by Crippen LogP contribution is -2.14. The zero-order valence-electron chi connectivity index (χ0n) is 16.3. The van der Waals surface area contributed by atoms with Gasteiger partial charge in [-0.05, 0) is 54.6 Å². The number of hydrogen-bond donors (Lipinski definition) is 2. The van der Waals surface area contributed by atoms with E-state index in [1.807, 2.05) is 41.8 Å². The molecule has 5 nitrogen and oxygen atoms in total. The zero-order chi connectivity index (χ0) is 20.8. The molecule has 150 valence electrons. The Bertz CT molecular complexity index is 1170. The van der Waals surface area contributed by atoms with Gasteiger partial charge in [0.2, 0.25) is 5.91 Å². The minimum Gasteiger partial charge on any atom is -0.326 e. The van der Waals surface area contributed by atoms with E-state index in [1.54, 1.807) is 41.8 Å². The van der Waals surface area contributed by atoms with Gasteiger partial charge in [0.05, 0.1) is 17.4 Å². The Morgan fingerprint density at radius 3 is 2.67 bits per heavy atom. The number of carbonyl (C=O) groups is 2. The summed E-state index contributed by atoms with van der Waals surface area (Å²) in [6, 6.07) is 20.7. The number of carbonyl (C=O) groups excluding carboxylic acids is 2. The van der Waals surface area contributed by atoms with Gasteiger partial charge in [-0.15, -0.1) is 11.3 Å². The van der Waals surface area contributed by atoms with E-state index in [9.17, 15) is 9.59 Å². The van der Waals surface area contributed by atoms with Crippen LogP contribution < -0.4 is 10.6 Å². The van der Waals surface area contributed by atoms with Gasteiger partial charge in [-0.2, -0.15) is 0 Å². The number of fused-ring (bicyclic) bond motifs is 1. The average molecular weight is 416 g/mol. The van der Waals surface area contributed by atoms with Gasteiger partial charge in [0.25, 0.3) is 5.91 Å². The summed E-state index contributed by atoms with van der Waals surface area (Å²) in [5.74, 6) is -0.302. The molecule has 2 aromatic heterocycles. The summed E-state index contributed by atoms with van der Waals surface area (Å²) in [5, 5.41) is 8.74. The molecule has 4 aromatic rings. The Balaban J connectivity index is 1.35. The van der Waals surface area contributed by atoms with Gasteiger partial charge in [-0.1, -0.05) is 30.3 Å². The van der Waals surface area contributed by atoms with Crippen molar-refractivity contribution < 1.29 is 9.59 Å². The minimum absolute atomic E-state index is 0.0529. The number of aromatic nitrogens is 1. The summed E-state index contributed by atoms with van der Waals surface area (Å²) < 4.78 is 0. The van der Waals surface area contributed by atoms with E-state index >= 15 is 0 Å². The lowest BCUT2D eigenvalue weighted by Gasteiger charge is -2.09. The lowest BCUT2D eigenvalue weighted by molar-refractivity contribution is -0.116. The molecule has 2 N–H and O–H groups in total. The largest absolute Gasteiger partial charge is 0.326 e. The second kappa shape index (κ2) is 9.33. The number of aryl methyl sites for hydroxylation is 1. The lowest BCUT2D eigenvalue weighted by atomic mass is 10.1. The van der Waals surface area contributed by atoms with Crippen molar-refractivity contribution in [1.82, 2.24) is 4.98 Å². The van der Waals surface area contributed by atoms with Crippen LogP contribution in [0.4, 0.5) is 11.4 Å². The molecule has 6 heteroatoms. The normalized spacial score (nSPS) is 10.7. The van der Waals surface area contributed by atoms with Crippen LogP contribution in [-0.2, 0) is 11.2 Å². The highest BCUT2D eigenvalue weighted by Crippen LogP contribution is 2.18. The van der Waals surface area contributed by atoms with Crippen LogP contribution in [-0.4, -0.2) is 16.8 Å². The number of amides is 2. The van der Waals surface area contributed by atoms with Crippen LogP contribution in [0.3, 0.4) is 0 Å². The van der Waals surface area contributed by atoms with Crippen LogP contribution in [0.5, 0.6) is 0 Å². The van der Waals surface area contributed by atoms with E-state index in [2.05, 4.69) is 21.7 Å². The van der Waals surface area contributed by atoms with Gasteiger partial charge in [-0.3, -0.25) is 14.6 Å². The molecule has 2 heterocycles. The molecule has 0 atom stereocenters. The predicted molar refractivity (Wildman–Crippen MR) is 122 cm³/mol. The Hall–Kier alpha value is -3.51. The molecule has 0 aliphatic rings. The fourth-order valence-corrected chi connectivity index (χ4v) is 3.93. The van der Waals surface area contributed by atoms with E-state index in [0.29, 0.717) is 23.4 Å². The number of para-hydroxylation sites is 1. The first-order valence-corrected chi connectivity index (χ1v) is 10.6. The highest BCUT2D eigenvalue weighted by atomic mass is 32.1. The van der Waals surface area contributed by atoms with Crippen molar-refractivity contribution in [3.63, 3.8) is 0 Å². The van der Waals surface area contributed by atoms with Gasteiger partial charge in [0.15, 0.2) is 0 Å². The molecule has 2 amide bonds. The first kappa shape index (κ1) is 19.8. The topological polar surface area (TPSA) is 71.1 Å². The quantitative estimate of drug-likeness (QED) is 0.418. The SMILES string of the molecule is O=C(CCCc1cccs1)Nc1cccc(C(=O)Nc2cnc3ccccc3c2)c1. The first-order chi connectivity index (χ1) is 14.7. The molecule has 0 saturated heterocycles. The number of benzene rings is 2. The summed E-state index contributed by atoms with van der Waals surface area (Å²) in [4.78, 5) is 30.5. The summed E-state index contributed by atoms with van der Waals surface area (Å²) in [6.07, 6.45) is 3.77. The molecule has 2 aromatic carbocycles. The van der Waals surface area contributed by atoms with Crippen molar-refractivity contribution >= 4 is 45.4 Å². The Labute approximate surface area is 178 Å². The Morgan fingerprint density at radius 1 is 0.900 bits per heavy atom. The number of anilines is 2. The molecule has 0 aliphatic carbocycles. The first-order valence-electron chi connectivity index (χ1n) is 9.76. The maximum absolute atomic E-state index is 12.6. The van der Waals surface area contributed by atoms with Crippen LogP contribution in [0.25, 0.3) is 10.9 Å². The van der Waals surface area contributed by atoms with E-state index in [0.717, 1.165) is 23.7 Å². The summed E-state index contributed by atoms with van der Waals surface area (Å²) in [6.45, 7) is 0. The van der Waals surface area contributed by atoms with Gasteiger partial charge < -0.3 is 10.6 Å². The second-order valence-electron chi connectivity index (χ2n) is 6.93. The third-order valence-electron chi connectivity index (χ3n) is 4.66. The molecule has 4 rings (SSSR count). The van der Waals surface area contributed by atoms with Gasteiger partial charge in [0.1, 0.15) is 0 Å². The van der Waals surface area contributed by atoms with E-state index in [4.69, 9.17) is 0 Å². The maximum Gasteiger partial charge on any atom is 0.255 e. The third-order valence-corrected chi connectivity index (χ3v) is 5.60. The van der Waals surface area contributed by atoms with Crippen LogP contribution in [0.15, 0.2) is 78.3 Å². The number of thiophene rings is 1. The van der Waals surface area contributed by atoms with Crippen LogP contribution >= 0.6 is 11.3 Å². The Kier molecular flexibility index (Phi) is 6.15. The summed E-state index contributed by atoms with van der Waals surface area (Å²) in [7, 11) is 0. The van der Waals surface area contributed by atoms with Crippen LogP contribution in [0.2, 0.25) is 0 Å². The van der Waals surface area contributed by atoms with Crippen molar-refractivity contribution in [2.75, 3.05) is 10.6 Å². The summed E-state index contributed by atoms with van der Waals surface area (Å²) in [5.41, 5.74) is 2.58. The van der Waals surface area contributed by atoms with E-state index in [-0.39, 0.29) is 11.8 Å². The smallest absolute Gasteiger partial charge is 0.255 e. The minimum atomic E-state index is -0.249. The number of hydrogen-bond acceptors (Lipinski definition) is 4. The van der Waals surface area contributed by atoms with Crippen molar-refractivity contribution in [2.24, 2.45) is 0 Å². The van der Waals surface area contributed by atoms with Crippen molar-refractivity contribution in [1.29, 1.82) is 0 Å². The van der Waals surface area contributed by atoms with Crippen molar-refractivity contribution in [3.05, 3.63) is 88.7 Å². The van der Waals surface area contributed by atoms with Crippen LogP contribution in [0.1, 0.15) is 28.1 Å². The highest BCUT2D eigenvalue weighted by molar-refractivity contribution is 7.09. The molecule has 0 radical (unpaired) electrons. The standard InChI is InChI=1S/C24H21N3O2S/c28-23(12-4-9-21-10-5-13-30-21)26-19-8-3-7-18(15-19)24(29)27-20-14-17-6-1-2-11-22(17)25-16-20/h1-3,5-8,10-11,13-16H,4,9,12H2,(H,26,28)(H,27,29). The van der Waals surface area contributed by atoms with Crippen LogP contribution in [0, 0.1) is 0 Å². The molecular formula is C24H21N3O2S. The Morgan fingerprint density at radius 2 is 1.80 bits per heavy atom. The summed E-state index contributed by atoms with van der Waals surface area (Å²) >= 11 is 1.70. The molecule has 0 bridgehead atoms. The molecule has 0 spiro atoms.